The van der Waals surface area contributed by atoms with Crippen LogP contribution < -0.4 is 5.32 Å². The summed E-state index contributed by atoms with van der Waals surface area (Å²) in [4.78, 5) is 22.5. The highest BCUT2D eigenvalue weighted by molar-refractivity contribution is 5.95. The number of carboxylic acid groups (broad SMARTS) is 1. The SMILES string of the molecule is CC(CNC(=O)c1cc2ccccn2c1)CC(=O)O. The maximum Gasteiger partial charge on any atom is 0.303 e. The monoisotopic (exact) mass is 260 g/mol. The van der Waals surface area contributed by atoms with Gasteiger partial charge in [-0.15, -0.1) is 0 Å². The van der Waals surface area contributed by atoms with Gasteiger partial charge in [-0.1, -0.05) is 13.0 Å². The summed E-state index contributed by atoms with van der Waals surface area (Å²) in [6.07, 6.45) is 3.68. The third kappa shape index (κ3) is 3.34. The Balaban J connectivity index is 1.98. The van der Waals surface area contributed by atoms with Crippen LogP contribution in [0.1, 0.15) is 23.7 Å². The van der Waals surface area contributed by atoms with Gasteiger partial charge in [0.05, 0.1) is 5.56 Å². The van der Waals surface area contributed by atoms with Crippen molar-refractivity contribution in [3.8, 4) is 0 Å². The zero-order valence-electron chi connectivity index (χ0n) is 10.7. The number of carboxylic acids is 1. The van der Waals surface area contributed by atoms with Gasteiger partial charge in [0.15, 0.2) is 0 Å². The topological polar surface area (TPSA) is 70.8 Å². The predicted octanol–water partition coefficient (Wildman–Crippen LogP) is 1.78. The minimum atomic E-state index is -0.851. The second-order valence-corrected chi connectivity index (χ2v) is 4.67. The van der Waals surface area contributed by atoms with Crippen molar-refractivity contribution in [1.29, 1.82) is 0 Å². The summed E-state index contributed by atoms with van der Waals surface area (Å²) in [6.45, 7) is 2.15. The van der Waals surface area contributed by atoms with Crippen LogP contribution in [0.3, 0.4) is 0 Å². The quantitative estimate of drug-likeness (QED) is 0.860. The third-order valence-corrected chi connectivity index (χ3v) is 2.90. The largest absolute Gasteiger partial charge is 0.481 e. The van der Waals surface area contributed by atoms with E-state index in [0.717, 1.165) is 5.52 Å². The summed E-state index contributed by atoms with van der Waals surface area (Å²) in [6, 6.07) is 7.52. The van der Waals surface area contributed by atoms with Gasteiger partial charge in [0, 0.05) is 30.9 Å². The maximum atomic E-state index is 11.9. The molecule has 2 aromatic heterocycles. The molecule has 0 aliphatic carbocycles. The number of aliphatic carboxylic acids is 1. The molecule has 100 valence electrons. The molecular formula is C14H16N2O3. The first-order chi connectivity index (χ1) is 9.06. The molecule has 5 nitrogen and oxygen atoms in total. The van der Waals surface area contributed by atoms with Crippen LogP contribution in [0, 0.1) is 5.92 Å². The number of fused-ring (bicyclic) bond motifs is 1. The normalized spacial score (nSPS) is 12.3. The highest BCUT2D eigenvalue weighted by Gasteiger charge is 2.12. The zero-order valence-corrected chi connectivity index (χ0v) is 10.7. The van der Waals surface area contributed by atoms with Crippen molar-refractivity contribution in [1.82, 2.24) is 9.72 Å². The zero-order chi connectivity index (χ0) is 13.8. The van der Waals surface area contributed by atoms with E-state index in [4.69, 9.17) is 5.11 Å². The number of carbonyl (C=O) groups excluding carboxylic acids is 1. The summed E-state index contributed by atoms with van der Waals surface area (Å²) >= 11 is 0. The molecule has 1 amide bonds. The summed E-state index contributed by atoms with van der Waals surface area (Å²) in [5.74, 6) is -1.12. The Hall–Kier alpha value is -2.30. The molecule has 19 heavy (non-hydrogen) atoms. The lowest BCUT2D eigenvalue weighted by Gasteiger charge is -2.09. The molecule has 0 saturated heterocycles. The Morgan fingerprint density at radius 1 is 1.42 bits per heavy atom. The lowest BCUT2D eigenvalue weighted by molar-refractivity contribution is -0.137. The van der Waals surface area contributed by atoms with Crippen LogP contribution in [0.15, 0.2) is 36.7 Å². The second kappa shape index (κ2) is 5.56. The average Bonchev–Trinajstić information content (AvgIpc) is 2.78. The van der Waals surface area contributed by atoms with E-state index < -0.39 is 5.97 Å². The van der Waals surface area contributed by atoms with E-state index in [1.165, 1.54) is 0 Å². The molecule has 1 atom stereocenters. The van der Waals surface area contributed by atoms with Crippen molar-refractivity contribution in [3.63, 3.8) is 0 Å². The van der Waals surface area contributed by atoms with Gasteiger partial charge in [0.1, 0.15) is 0 Å². The van der Waals surface area contributed by atoms with Gasteiger partial charge >= 0.3 is 5.97 Å². The number of hydrogen-bond donors (Lipinski definition) is 2. The van der Waals surface area contributed by atoms with Crippen molar-refractivity contribution < 1.29 is 14.7 Å². The molecule has 5 heteroatoms. The van der Waals surface area contributed by atoms with Gasteiger partial charge in [0.2, 0.25) is 0 Å². The van der Waals surface area contributed by atoms with E-state index in [9.17, 15) is 9.59 Å². The second-order valence-electron chi connectivity index (χ2n) is 4.67. The van der Waals surface area contributed by atoms with Crippen LogP contribution in [-0.2, 0) is 4.79 Å². The molecule has 0 aromatic carbocycles. The van der Waals surface area contributed by atoms with Crippen LogP contribution >= 0.6 is 0 Å². The molecule has 2 rings (SSSR count). The number of hydrogen-bond acceptors (Lipinski definition) is 2. The molecule has 0 spiro atoms. The smallest absolute Gasteiger partial charge is 0.303 e. The molecule has 1 unspecified atom stereocenters. The lowest BCUT2D eigenvalue weighted by atomic mass is 10.1. The van der Waals surface area contributed by atoms with E-state index in [-0.39, 0.29) is 18.2 Å². The number of rotatable bonds is 5. The molecule has 2 aromatic rings. The van der Waals surface area contributed by atoms with Crippen LogP contribution in [0.5, 0.6) is 0 Å². The molecule has 2 heterocycles. The van der Waals surface area contributed by atoms with E-state index >= 15 is 0 Å². The van der Waals surface area contributed by atoms with Crippen LogP contribution in [0.2, 0.25) is 0 Å². The fourth-order valence-corrected chi connectivity index (χ4v) is 1.92. The fourth-order valence-electron chi connectivity index (χ4n) is 1.92. The lowest BCUT2D eigenvalue weighted by Crippen LogP contribution is -2.28. The number of carbonyl (C=O) groups is 2. The predicted molar refractivity (Wildman–Crippen MR) is 71.1 cm³/mol. The number of amides is 1. The fraction of sp³-hybridized carbons (Fsp3) is 0.286. The Morgan fingerprint density at radius 3 is 2.89 bits per heavy atom. The highest BCUT2D eigenvalue weighted by atomic mass is 16.4. The minimum absolute atomic E-state index is 0.0536. The Labute approximate surface area is 110 Å². The first-order valence-corrected chi connectivity index (χ1v) is 6.13. The van der Waals surface area contributed by atoms with Crippen LogP contribution in [0.25, 0.3) is 5.52 Å². The first kappa shape index (κ1) is 13.1. The van der Waals surface area contributed by atoms with Crippen molar-refractivity contribution in [2.45, 2.75) is 13.3 Å². The van der Waals surface area contributed by atoms with Gasteiger partial charge in [-0.3, -0.25) is 9.59 Å². The van der Waals surface area contributed by atoms with E-state index in [1.807, 2.05) is 28.8 Å². The Bertz CT molecular complexity index is 571. The van der Waals surface area contributed by atoms with E-state index in [2.05, 4.69) is 5.32 Å². The standard InChI is InChI=1S/C14H16N2O3/c1-10(6-13(17)18)8-15-14(19)11-7-12-4-2-3-5-16(12)9-11/h2-5,7,9-10H,6,8H2,1H3,(H,15,19)(H,17,18). The number of nitrogens with one attached hydrogen (secondary N) is 1. The average molecular weight is 260 g/mol. The Morgan fingerprint density at radius 2 is 2.21 bits per heavy atom. The van der Waals surface area contributed by atoms with Crippen molar-refractivity contribution in [3.05, 3.63) is 42.2 Å². The number of pyridine rings is 1. The van der Waals surface area contributed by atoms with Gasteiger partial charge < -0.3 is 14.8 Å². The van der Waals surface area contributed by atoms with Crippen molar-refractivity contribution in [2.24, 2.45) is 5.92 Å². The highest BCUT2D eigenvalue weighted by Crippen LogP contribution is 2.09. The molecule has 0 fully saturated rings. The third-order valence-electron chi connectivity index (χ3n) is 2.90. The molecule has 0 saturated carbocycles. The summed E-state index contributed by atoms with van der Waals surface area (Å²) in [5.41, 5.74) is 1.53. The molecule has 0 bridgehead atoms. The molecule has 0 aliphatic heterocycles. The van der Waals surface area contributed by atoms with Crippen molar-refractivity contribution >= 4 is 17.4 Å². The van der Waals surface area contributed by atoms with Crippen LogP contribution in [-0.4, -0.2) is 27.9 Å². The van der Waals surface area contributed by atoms with Crippen molar-refractivity contribution in [2.75, 3.05) is 6.54 Å². The molecule has 2 N–H and O–H groups in total. The van der Waals surface area contributed by atoms with Gasteiger partial charge in [-0.2, -0.15) is 0 Å². The van der Waals surface area contributed by atoms with Crippen LogP contribution in [0.4, 0.5) is 0 Å². The number of aromatic nitrogens is 1. The van der Waals surface area contributed by atoms with E-state index in [1.54, 1.807) is 19.2 Å². The first-order valence-electron chi connectivity index (χ1n) is 6.13. The van der Waals surface area contributed by atoms with E-state index in [0.29, 0.717) is 12.1 Å². The summed E-state index contributed by atoms with van der Waals surface area (Å²) in [7, 11) is 0. The maximum absolute atomic E-state index is 11.9. The summed E-state index contributed by atoms with van der Waals surface area (Å²) < 4.78 is 1.87. The number of nitrogens with zero attached hydrogens (tertiary/aromatic N) is 1. The van der Waals surface area contributed by atoms with Gasteiger partial charge in [-0.25, -0.2) is 0 Å². The Kier molecular flexibility index (Phi) is 3.85. The van der Waals surface area contributed by atoms with Gasteiger partial charge in [0.25, 0.3) is 5.91 Å². The molecule has 0 aliphatic rings. The summed E-state index contributed by atoms with van der Waals surface area (Å²) in [5, 5.41) is 11.4. The molecular weight excluding hydrogens is 244 g/mol. The minimum Gasteiger partial charge on any atom is -0.481 e. The molecule has 0 radical (unpaired) electrons. The van der Waals surface area contributed by atoms with Gasteiger partial charge in [-0.05, 0) is 24.1 Å².